The molecule has 0 aliphatic heterocycles. The molecule has 0 unspecified atom stereocenters. The monoisotopic (exact) mass is 599 g/mol. The van der Waals surface area contributed by atoms with Gasteiger partial charge in [-0.2, -0.15) is 0 Å². The number of hydrogen-bond acceptors (Lipinski definition) is 5. The predicted molar refractivity (Wildman–Crippen MR) is 163 cm³/mol. The van der Waals surface area contributed by atoms with E-state index in [2.05, 4.69) is 5.32 Å². The van der Waals surface area contributed by atoms with Crippen LogP contribution >= 0.6 is 11.6 Å². The number of rotatable bonds is 13. The maximum atomic E-state index is 14.2. The third-order valence-electron chi connectivity index (χ3n) is 6.96. The average molecular weight is 600 g/mol. The Bertz CT molecular complexity index is 1430. The minimum atomic E-state index is -4.17. The molecule has 41 heavy (non-hydrogen) atoms. The second kappa shape index (κ2) is 14.4. The van der Waals surface area contributed by atoms with E-state index < -0.39 is 28.5 Å². The van der Waals surface area contributed by atoms with Crippen molar-refractivity contribution in [1.29, 1.82) is 0 Å². The van der Waals surface area contributed by atoms with E-state index in [9.17, 15) is 18.0 Å². The molecule has 8 nitrogen and oxygen atoms in total. The van der Waals surface area contributed by atoms with Crippen LogP contribution in [-0.4, -0.2) is 50.9 Å². The van der Waals surface area contributed by atoms with Gasteiger partial charge in [0.05, 0.1) is 17.7 Å². The highest BCUT2D eigenvalue weighted by Gasteiger charge is 2.34. The molecule has 0 aliphatic carbocycles. The van der Waals surface area contributed by atoms with Gasteiger partial charge in [0.2, 0.25) is 11.8 Å². The van der Waals surface area contributed by atoms with E-state index in [0.717, 1.165) is 16.3 Å². The van der Waals surface area contributed by atoms with Gasteiger partial charge in [0, 0.05) is 17.6 Å². The topological polar surface area (TPSA) is 96.0 Å². The minimum absolute atomic E-state index is 0.00112. The summed E-state index contributed by atoms with van der Waals surface area (Å²) in [4.78, 5) is 29.0. The summed E-state index contributed by atoms with van der Waals surface area (Å²) in [6, 6.07) is 19.1. The van der Waals surface area contributed by atoms with Gasteiger partial charge in [-0.3, -0.25) is 13.9 Å². The summed E-state index contributed by atoms with van der Waals surface area (Å²) in [6.07, 6.45) is 1.08. The zero-order chi connectivity index (χ0) is 30.2. The van der Waals surface area contributed by atoms with Crippen LogP contribution in [0, 0.1) is 6.92 Å². The van der Waals surface area contributed by atoms with Crippen LogP contribution in [0.25, 0.3) is 0 Å². The Kier molecular flexibility index (Phi) is 11.2. The van der Waals surface area contributed by atoms with Crippen molar-refractivity contribution in [3.63, 3.8) is 0 Å². The second-order valence-corrected chi connectivity index (χ2v) is 12.2. The lowest BCUT2D eigenvalue weighted by Crippen LogP contribution is -2.53. The zero-order valence-electron chi connectivity index (χ0n) is 24.1. The number of aryl methyl sites for hydroxylation is 1. The Morgan fingerprint density at radius 3 is 2.15 bits per heavy atom. The third-order valence-corrected chi connectivity index (χ3v) is 8.99. The van der Waals surface area contributed by atoms with Crippen molar-refractivity contribution >= 4 is 39.1 Å². The van der Waals surface area contributed by atoms with E-state index in [1.54, 1.807) is 50.4 Å². The van der Waals surface area contributed by atoms with Crippen LogP contribution in [0.4, 0.5) is 5.69 Å². The summed E-state index contributed by atoms with van der Waals surface area (Å²) in [7, 11) is -2.60. The number of carbonyl (C=O) groups excluding carboxylic acids is 2. The first kappa shape index (κ1) is 32.0. The molecule has 3 aromatic rings. The normalized spacial score (nSPS) is 12.7. The highest BCUT2D eigenvalue weighted by molar-refractivity contribution is 7.92. The molecule has 0 saturated heterocycles. The van der Waals surface area contributed by atoms with Gasteiger partial charge in [-0.1, -0.05) is 55.8 Å². The predicted octanol–water partition coefficient (Wildman–Crippen LogP) is 5.57. The quantitative estimate of drug-likeness (QED) is 0.277. The number of ether oxygens (including phenoxy) is 1. The number of halogens is 1. The molecule has 2 atom stereocenters. The van der Waals surface area contributed by atoms with Crippen LogP contribution < -0.4 is 14.4 Å². The van der Waals surface area contributed by atoms with Gasteiger partial charge in [0.25, 0.3) is 10.0 Å². The smallest absolute Gasteiger partial charge is 0.264 e. The second-order valence-electron chi connectivity index (χ2n) is 9.86. The molecule has 2 amide bonds. The number of nitrogens with one attached hydrogen (secondary N) is 1. The number of benzene rings is 3. The third kappa shape index (κ3) is 8.01. The number of sulfonamides is 1. The van der Waals surface area contributed by atoms with Crippen LogP contribution in [0.2, 0.25) is 5.02 Å². The van der Waals surface area contributed by atoms with Crippen LogP contribution in [-0.2, 0) is 26.2 Å². The Labute approximate surface area is 248 Å². The van der Waals surface area contributed by atoms with E-state index in [1.165, 1.54) is 29.2 Å². The van der Waals surface area contributed by atoms with Crippen LogP contribution in [0.1, 0.15) is 44.7 Å². The van der Waals surface area contributed by atoms with E-state index in [4.69, 9.17) is 16.3 Å². The molecule has 3 aromatic carbocycles. The summed E-state index contributed by atoms with van der Waals surface area (Å²) in [5.74, 6) is -0.132. The van der Waals surface area contributed by atoms with E-state index in [0.29, 0.717) is 28.4 Å². The molecule has 1 N–H and O–H groups in total. The molecule has 10 heteroatoms. The summed E-state index contributed by atoms with van der Waals surface area (Å²) in [5.41, 5.74) is 1.83. The van der Waals surface area contributed by atoms with Crippen molar-refractivity contribution in [2.45, 2.75) is 64.1 Å². The Morgan fingerprint density at radius 2 is 1.59 bits per heavy atom. The Balaban J connectivity index is 2.06. The first-order valence-corrected chi connectivity index (χ1v) is 15.4. The van der Waals surface area contributed by atoms with Gasteiger partial charge >= 0.3 is 0 Å². The fourth-order valence-electron chi connectivity index (χ4n) is 4.38. The van der Waals surface area contributed by atoms with Crippen molar-refractivity contribution < 1.29 is 22.7 Å². The highest BCUT2D eigenvalue weighted by atomic mass is 35.5. The summed E-state index contributed by atoms with van der Waals surface area (Å²) in [5, 5.41) is 3.37. The molecule has 3 rings (SSSR count). The lowest BCUT2D eigenvalue weighted by molar-refractivity contribution is -0.140. The first-order chi connectivity index (χ1) is 19.5. The number of methoxy groups -OCH3 is 1. The standard InChI is InChI=1S/C31H38ClN3O5S/c1-6-23(4)33-31(37)28(7-2)34(20-24-12-16-26(40-5)17-13-24)30(36)21-35(29-11-9-8-10-22(29)3)41(38,39)27-18-14-25(32)15-19-27/h8-19,23,28H,6-7,20-21H2,1-5H3,(H,33,37)/t23-,28+/m0/s1. The van der Waals surface area contributed by atoms with Crippen molar-refractivity contribution in [2.75, 3.05) is 18.0 Å². The molecule has 0 radical (unpaired) electrons. The Morgan fingerprint density at radius 1 is 0.951 bits per heavy atom. The maximum Gasteiger partial charge on any atom is 0.264 e. The van der Waals surface area contributed by atoms with Gasteiger partial charge in [-0.25, -0.2) is 8.42 Å². The van der Waals surface area contributed by atoms with Crippen LogP contribution in [0.3, 0.4) is 0 Å². The van der Waals surface area contributed by atoms with Crippen molar-refractivity contribution in [3.05, 3.63) is 88.9 Å². The van der Waals surface area contributed by atoms with Crippen molar-refractivity contribution in [2.24, 2.45) is 0 Å². The van der Waals surface area contributed by atoms with E-state index in [1.807, 2.05) is 32.9 Å². The molecule has 0 saturated carbocycles. The molecule has 220 valence electrons. The van der Waals surface area contributed by atoms with E-state index in [-0.39, 0.29) is 23.4 Å². The van der Waals surface area contributed by atoms with Crippen molar-refractivity contribution in [1.82, 2.24) is 10.2 Å². The first-order valence-electron chi connectivity index (χ1n) is 13.6. The maximum absolute atomic E-state index is 14.2. The van der Waals surface area contributed by atoms with Crippen LogP contribution in [0.5, 0.6) is 5.75 Å². The molecule has 0 aliphatic rings. The van der Waals surface area contributed by atoms with Crippen LogP contribution in [0.15, 0.2) is 77.7 Å². The number of carbonyl (C=O) groups is 2. The highest BCUT2D eigenvalue weighted by Crippen LogP contribution is 2.28. The Hall–Kier alpha value is -3.56. The van der Waals surface area contributed by atoms with Gasteiger partial charge < -0.3 is 15.0 Å². The molecule has 0 spiro atoms. The van der Waals surface area contributed by atoms with Gasteiger partial charge in [0.15, 0.2) is 0 Å². The number of anilines is 1. The molecular formula is C31H38ClN3O5S. The van der Waals surface area contributed by atoms with Gasteiger partial charge in [-0.05, 0) is 80.3 Å². The molecular weight excluding hydrogens is 562 g/mol. The van der Waals surface area contributed by atoms with Crippen molar-refractivity contribution in [3.8, 4) is 5.75 Å². The molecule has 0 heterocycles. The number of amides is 2. The van der Waals surface area contributed by atoms with Gasteiger partial charge in [0.1, 0.15) is 18.3 Å². The molecule has 0 bridgehead atoms. The summed E-state index contributed by atoms with van der Waals surface area (Å²) < 4.78 is 34.3. The largest absolute Gasteiger partial charge is 0.497 e. The number of para-hydroxylation sites is 1. The molecule has 0 aromatic heterocycles. The summed E-state index contributed by atoms with van der Waals surface area (Å²) in [6.45, 7) is 7.09. The fraction of sp³-hybridized carbons (Fsp3) is 0.355. The summed E-state index contributed by atoms with van der Waals surface area (Å²) >= 11 is 6.02. The number of nitrogens with zero attached hydrogens (tertiary/aromatic N) is 2. The lowest BCUT2D eigenvalue weighted by atomic mass is 10.1. The fourth-order valence-corrected chi connectivity index (χ4v) is 5.98. The number of hydrogen-bond donors (Lipinski definition) is 1. The van der Waals surface area contributed by atoms with Gasteiger partial charge in [-0.15, -0.1) is 0 Å². The lowest BCUT2D eigenvalue weighted by Gasteiger charge is -2.34. The average Bonchev–Trinajstić information content (AvgIpc) is 2.96. The van der Waals surface area contributed by atoms with E-state index >= 15 is 0 Å². The minimum Gasteiger partial charge on any atom is -0.497 e. The molecule has 0 fully saturated rings. The zero-order valence-corrected chi connectivity index (χ0v) is 25.7. The SMILES string of the molecule is CC[C@H](C(=O)N[C@@H](C)CC)N(Cc1ccc(OC)cc1)C(=O)CN(c1ccccc1C)S(=O)(=O)c1ccc(Cl)cc1.